The normalized spacial score (nSPS) is 13.4. The molecule has 1 rings (SSSR count). The van der Waals surface area contributed by atoms with Crippen LogP contribution in [-0.4, -0.2) is 5.33 Å². The fraction of sp³-hybridized carbons (Fsp3) is 0.500. The molecule has 0 saturated heterocycles. The van der Waals surface area contributed by atoms with Crippen LogP contribution in [0, 0.1) is 0 Å². The molecule has 0 N–H and O–H groups in total. The van der Waals surface area contributed by atoms with Gasteiger partial charge in [0.25, 0.3) is 0 Å². The Labute approximate surface area is 99.2 Å². The third-order valence-corrected chi connectivity index (χ3v) is 4.31. The van der Waals surface area contributed by atoms with Crippen molar-refractivity contribution >= 4 is 33.3 Å². The van der Waals surface area contributed by atoms with E-state index in [-0.39, 0.29) is 5.41 Å². The molecular formula is C12H17BrS. The SMILES string of the molecule is C/C(=C/c1ccc(C(C)(C)C)s1)CBr. The molecule has 0 spiro atoms. The molecule has 0 saturated carbocycles. The van der Waals surface area contributed by atoms with Crippen LogP contribution in [0.1, 0.15) is 37.4 Å². The predicted molar refractivity (Wildman–Crippen MR) is 70.5 cm³/mol. The summed E-state index contributed by atoms with van der Waals surface area (Å²) in [6, 6.07) is 4.44. The minimum absolute atomic E-state index is 0.277. The second-order valence-corrected chi connectivity index (χ2v) is 6.25. The summed E-state index contributed by atoms with van der Waals surface area (Å²) < 4.78 is 0. The topological polar surface area (TPSA) is 0 Å². The van der Waals surface area contributed by atoms with E-state index in [9.17, 15) is 0 Å². The lowest BCUT2D eigenvalue weighted by atomic mass is 9.95. The first-order valence-corrected chi connectivity index (χ1v) is 6.71. The minimum atomic E-state index is 0.277. The van der Waals surface area contributed by atoms with Crippen molar-refractivity contribution in [1.29, 1.82) is 0 Å². The molecule has 1 aromatic rings. The van der Waals surface area contributed by atoms with Crippen LogP contribution < -0.4 is 0 Å². The average molecular weight is 273 g/mol. The number of allylic oxidation sites excluding steroid dienone is 1. The molecule has 14 heavy (non-hydrogen) atoms. The molecule has 0 unspecified atom stereocenters. The largest absolute Gasteiger partial charge is 0.140 e. The fourth-order valence-electron chi connectivity index (χ4n) is 1.11. The number of thiophene rings is 1. The predicted octanol–water partition coefficient (Wildman–Crippen LogP) is 4.84. The molecule has 2 heteroatoms. The Hall–Kier alpha value is -0.0800. The Morgan fingerprint density at radius 1 is 1.43 bits per heavy atom. The Bertz CT molecular complexity index is 328. The van der Waals surface area contributed by atoms with Gasteiger partial charge < -0.3 is 0 Å². The van der Waals surface area contributed by atoms with Gasteiger partial charge in [-0.3, -0.25) is 0 Å². The lowest BCUT2D eigenvalue weighted by Gasteiger charge is -2.15. The van der Waals surface area contributed by atoms with Gasteiger partial charge in [0, 0.05) is 15.1 Å². The van der Waals surface area contributed by atoms with Crippen molar-refractivity contribution in [2.75, 3.05) is 5.33 Å². The first kappa shape index (κ1) is 12.0. The van der Waals surface area contributed by atoms with Crippen molar-refractivity contribution in [3.05, 3.63) is 27.5 Å². The maximum absolute atomic E-state index is 3.45. The molecule has 0 fully saturated rings. The maximum Gasteiger partial charge on any atom is 0.0273 e. The van der Waals surface area contributed by atoms with Gasteiger partial charge >= 0.3 is 0 Å². The summed E-state index contributed by atoms with van der Waals surface area (Å²) in [5.41, 5.74) is 1.64. The first-order valence-electron chi connectivity index (χ1n) is 4.77. The lowest BCUT2D eigenvalue weighted by Crippen LogP contribution is -2.07. The molecule has 78 valence electrons. The smallest absolute Gasteiger partial charge is 0.0273 e. The highest BCUT2D eigenvalue weighted by Gasteiger charge is 2.15. The van der Waals surface area contributed by atoms with Gasteiger partial charge in [-0.15, -0.1) is 11.3 Å². The highest BCUT2D eigenvalue weighted by atomic mass is 79.9. The molecule has 0 aliphatic heterocycles. The summed E-state index contributed by atoms with van der Waals surface area (Å²) >= 11 is 5.34. The van der Waals surface area contributed by atoms with Crippen LogP contribution in [0.25, 0.3) is 6.08 Å². The summed E-state index contributed by atoms with van der Waals surface area (Å²) in [6.45, 7) is 8.91. The van der Waals surface area contributed by atoms with Crippen LogP contribution in [0.4, 0.5) is 0 Å². The fourth-order valence-corrected chi connectivity index (χ4v) is 2.37. The van der Waals surface area contributed by atoms with Crippen molar-refractivity contribution < 1.29 is 0 Å². The van der Waals surface area contributed by atoms with E-state index < -0.39 is 0 Å². The Kier molecular flexibility index (Phi) is 3.96. The van der Waals surface area contributed by atoms with E-state index in [1.165, 1.54) is 15.3 Å². The van der Waals surface area contributed by atoms with E-state index in [0.717, 1.165) is 5.33 Å². The number of alkyl halides is 1. The molecule has 0 amide bonds. The van der Waals surface area contributed by atoms with Crippen LogP contribution in [0.15, 0.2) is 17.7 Å². The molecule has 1 heterocycles. The van der Waals surface area contributed by atoms with Gasteiger partial charge in [0.15, 0.2) is 0 Å². The summed E-state index contributed by atoms with van der Waals surface area (Å²) in [4.78, 5) is 2.80. The van der Waals surface area contributed by atoms with Crippen LogP contribution in [0.3, 0.4) is 0 Å². The molecule has 0 aliphatic carbocycles. The number of rotatable bonds is 2. The van der Waals surface area contributed by atoms with E-state index in [1.807, 2.05) is 11.3 Å². The molecule has 0 atom stereocenters. The molecular weight excluding hydrogens is 256 g/mol. The molecule has 0 aromatic carbocycles. The van der Waals surface area contributed by atoms with Crippen molar-refractivity contribution in [2.24, 2.45) is 0 Å². The van der Waals surface area contributed by atoms with Gasteiger partial charge in [0.2, 0.25) is 0 Å². The van der Waals surface area contributed by atoms with Crippen molar-refractivity contribution in [2.45, 2.75) is 33.1 Å². The number of hydrogen-bond acceptors (Lipinski definition) is 1. The molecule has 0 radical (unpaired) electrons. The summed E-state index contributed by atoms with van der Waals surface area (Å²) in [7, 11) is 0. The van der Waals surface area contributed by atoms with E-state index in [1.54, 1.807) is 0 Å². The van der Waals surface area contributed by atoms with Crippen LogP contribution in [-0.2, 0) is 5.41 Å². The molecule has 0 bridgehead atoms. The minimum Gasteiger partial charge on any atom is -0.140 e. The number of halogens is 1. The maximum atomic E-state index is 3.45. The zero-order chi connectivity index (χ0) is 10.8. The quantitative estimate of drug-likeness (QED) is 0.676. The van der Waals surface area contributed by atoms with Crippen LogP contribution in [0.2, 0.25) is 0 Å². The average Bonchev–Trinajstić information content (AvgIpc) is 2.51. The van der Waals surface area contributed by atoms with Crippen LogP contribution >= 0.6 is 27.3 Å². The van der Waals surface area contributed by atoms with Gasteiger partial charge in [-0.05, 0) is 30.5 Å². The van der Waals surface area contributed by atoms with E-state index in [0.29, 0.717) is 0 Å². The molecule has 0 aliphatic rings. The highest BCUT2D eigenvalue weighted by Crippen LogP contribution is 2.30. The second kappa shape index (κ2) is 4.63. The van der Waals surface area contributed by atoms with Crippen molar-refractivity contribution in [1.82, 2.24) is 0 Å². The van der Waals surface area contributed by atoms with Gasteiger partial charge in [0.1, 0.15) is 0 Å². The van der Waals surface area contributed by atoms with Crippen LogP contribution in [0.5, 0.6) is 0 Å². The van der Waals surface area contributed by atoms with Gasteiger partial charge in [-0.1, -0.05) is 42.3 Å². The Morgan fingerprint density at radius 2 is 2.07 bits per heavy atom. The number of hydrogen-bond donors (Lipinski definition) is 0. The van der Waals surface area contributed by atoms with Crippen molar-refractivity contribution in [3.8, 4) is 0 Å². The summed E-state index contributed by atoms with van der Waals surface area (Å²) in [5.74, 6) is 0. The Morgan fingerprint density at radius 3 is 2.50 bits per heavy atom. The van der Waals surface area contributed by atoms with Crippen molar-refractivity contribution in [3.63, 3.8) is 0 Å². The first-order chi connectivity index (χ1) is 6.43. The third kappa shape index (κ3) is 3.25. The van der Waals surface area contributed by atoms with E-state index >= 15 is 0 Å². The lowest BCUT2D eigenvalue weighted by molar-refractivity contribution is 0.604. The monoisotopic (exact) mass is 272 g/mol. The summed E-state index contributed by atoms with van der Waals surface area (Å²) in [6.07, 6.45) is 2.24. The summed E-state index contributed by atoms with van der Waals surface area (Å²) in [5, 5.41) is 0.954. The van der Waals surface area contributed by atoms with E-state index in [4.69, 9.17) is 0 Å². The zero-order valence-electron chi connectivity index (χ0n) is 9.23. The van der Waals surface area contributed by atoms with Gasteiger partial charge in [-0.2, -0.15) is 0 Å². The zero-order valence-corrected chi connectivity index (χ0v) is 11.6. The molecule has 1 aromatic heterocycles. The standard InChI is InChI=1S/C12H17BrS/c1-9(8-13)7-10-5-6-11(14-10)12(2,3)4/h5-7H,8H2,1-4H3/b9-7-. The van der Waals surface area contributed by atoms with Gasteiger partial charge in [-0.25, -0.2) is 0 Å². The highest BCUT2D eigenvalue weighted by molar-refractivity contribution is 9.09. The molecule has 0 nitrogen and oxygen atoms in total. The second-order valence-electron chi connectivity index (χ2n) is 4.58. The van der Waals surface area contributed by atoms with Gasteiger partial charge in [0.05, 0.1) is 0 Å². The van der Waals surface area contributed by atoms with E-state index in [2.05, 4.69) is 61.8 Å². The Balaban J connectivity index is 2.89. The third-order valence-electron chi connectivity index (χ3n) is 1.97.